The van der Waals surface area contributed by atoms with Crippen LogP contribution in [0.25, 0.3) is 11.1 Å². The first-order valence-electron chi connectivity index (χ1n) is 11.0. The molecule has 0 spiro atoms. The molecular weight excluding hydrogens is 398 g/mol. The third-order valence-corrected chi connectivity index (χ3v) is 5.74. The molecule has 1 N–H and O–H groups in total. The second-order valence-corrected chi connectivity index (χ2v) is 7.95. The van der Waals surface area contributed by atoms with Crippen molar-refractivity contribution in [2.45, 2.75) is 32.6 Å². The van der Waals surface area contributed by atoms with Gasteiger partial charge in [0.15, 0.2) is 0 Å². The van der Waals surface area contributed by atoms with E-state index in [-0.39, 0.29) is 24.7 Å². The molecule has 0 radical (unpaired) electrons. The summed E-state index contributed by atoms with van der Waals surface area (Å²) >= 11 is 0. The summed E-state index contributed by atoms with van der Waals surface area (Å²) < 4.78 is 0. The second kappa shape index (κ2) is 10.1. The number of rotatable bonds is 6. The largest absolute Gasteiger partial charge is 0.312 e. The molecule has 2 amide bonds. The predicted octanol–water partition coefficient (Wildman–Crippen LogP) is 4.95. The summed E-state index contributed by atoms with van der Waals surface area (Å²) in [7, 11) is 0. The second-order valence-electron chi connectivity index (χ2n) is 7.95. The first-order chi connectivity index (χ1) is 15.6. The lowest BCUT2D eigenvalue weighted by atomic mass is 10.0. The molecule has 0 aromatic heterocycles. The van der Waals surface area contributed by atoms with Gasteiger partial charge in [0.2, 0.25) is 11.8 Å². The number of benzene rings is 3. The molecule has 3 aromatic rings. The van der Waals surface area contributed by atoms with Gasteiger partial charge in [-0.15, -0.1) is 0 Å². The number of fused-ring (bicyclic) bond motifs is 1. The van der Waals surface area contributed by atoms with Gasteiger partial charge < -0.3 is 4.90 Å². The molecule has 1 aliphatic heterocycles. The van der Waals surface area contributed by atoms with E-state index in [0.29, 0.717) is 12.3 Å². The van der Waals surface area contributed by atoms with Gasteiger partial charge in [-0.2, -0.15) is 5.10 Å². The van der Waals surface area contributed by atoms with E-state index in [2.05, 4.69) is 28.7 Å². The third kappa shape index (κ3) is 5.11. The van der Waals surface area contributed by atoms with E-state index in [1.807, 2.05) is 67.6 Å². The number of anilines is 1. The Labute approximate surface area is 188 Å². The normalized spacial score (nSPS) is 13.4. The Morgan fingerprint density at radius 3 is 2.34 bits per heavy atom. The number of carbonyl (C=O) groups is 2. The minimum atomic E-state index is -0.260. The van der Waals surface area contributed by atoms with Crippen molar-refractivity contribution in [1.82, 2.24) is 5.43 Å². The average Bonchev–Trinajstić information content (AvgIpc) is 2.86. The number of nitrogens with zero attached hydrogens (tertiary/aromatic N) is 2. The van der Waals surface area contributed by atoms with E-state index < -0.39 is 0 Å². The number of hydrogen-bond acceptors (Lipinski definition) is 3. The Morgan fingerprint density at radius 1 is 0.875 bits per heavy atom. The molecule has 0 aliphatic carbocycles. The van der Waals surface area contributed by atoms with Gasteiger partial charge in [-0.3, -0.25) is 9.59 Å². The number of hydrazone groups is 1. The molecule has 1 heterocycles. The molecule has 0 atom stereocenters. The van der Waals surface area contributed by atoms with Crippen molar-refractivity contribution in [2.75, 3.05) is 11.4 Å². The number of hydrogen-bond donors (Lipinski definition) is 1. The van der Waals surface area contributed by atoms with Crippen LogP contribution in [-0.4, -0.2) is 24.1 Å². The highest BCUT2D eigenvalue weighted by atomic mass is 16.2. The summed E-state index contributed by atoms with van der Waals surface area (Å²) in [5, 5.41) is 4.22. The van der Waals surface area contributed by atoms with Crippen molar-refractivity contribution in [1.29, 1.82) is 0 Å². The zero-order valence-electron chi connectivity index (χ0n) is 18.3. The zero-order valence-corrected chi connectivity index (χ0v) is 18.3. The number of para-hydroxylation sites is 1. The Kier molecular flexibility index (Phi) is 6.75. The lowest BCUT2D eigenvalue weighted by Crippen LogP contribution is -2.36. The standard InChI is InChI=1S/C27H27N3O2/c1-20(21-13-15-23(16-14-21)22-8-3-2-4-9-22)28-29-26(31)17-18-27(32)30-19-7-11-24-10-5-6-12-25(24)30/h2-6,8-10,12-16H,7,11,17-19H2,1H3,(H,29,31). The van der Waals surface area contributed by atoms with E-state index in [0.717, 1.165) is 35.2 Å². The minimum absolute atomic E-state index is 0.0236. The average molecular weight is 426 g/mol. The lowest BCUT2D eigenvalue weighted by Gasteiger charge is -2.29. The molecule has 5 heteroatoms. The summed E-state index contributed by atoms with van der Waals surface area (Å²) in [5.41, 5.74) is 8.68. The van der Waals surface area contributed by atoms with Gasteiger partial charge in [0.25, 0.3) is 0 Å². The summed E-state index contributed by atoms with van der Waals surface area (Å²) in [5.74, 6) is -0.284. The lowest BCUT2D eigenvalue weighted by molar-refractivity contribution is -0.125. The quantitative estimate of drug-likeness (QED) is 0.448. The molecule has 4 rings (SSSR count). The van der Waals surface area contributed by atoms with Crippen LogP contribution in [0.2, 0.25) is 0 Å². The van der Waals surface area contributed by atoms with Crippen molar-refractivity contribution in [2.24, 2.45) is 5.10 Å². The van der Waals surface area contributed by atoms with Gasteiger partial charge >= 0.3 is 0 Å². The Bertz CT molecular complexity index is 1120. The Morgan fingerprint density at radius 2 is 1.56 bits per heavy atom. The van der Waals surface area contributed by atoms with Crippen LogP contribution in [0.5, 0.6) is 0 Å². The smallest absolute Gasteiger partial charge is 0.240 e. The zero-order chi connectivity index (χ0) is 22.3. The maximum Gasteiger partial charge on any atom is 0.240 e. The summed E-state index contributed by atoms with van der Waals surface area (Å²) in [4.78, 5) is 26.7. The highest BCUT2D eigenvalue weighted by molar-refractivity contribution is 6.00. The number of aryl methyl sites for hydroxylation is 1. The maximum absolute atomic E-state index is 12.7. The highest BCUT2D eigenvalue weighted by Gasteiger charge is 2.22. The van der Waals surface area contributed by atoms with Crippen molar-refractivity contribution < 1.29 is 9.59 Å². The van der Waals surface area contributed by atoms with Crippen molar-refractivity contribution in [3.8, 4) is 11.1 Å². The molecule has 0 bridgehead atoms. The van der Waals surface area contributed by atoms with Crippen molar-refractivity contribution >= 4 is 23.2 Å². The predicted molar refractivity (Wildman–Crippen MR) is 129 cm³/mol. The third-order valence-electron chi connectivity index (χ3n) is 5.74. The van der Waals surface area contributed by atoms with Gasteiger partial charge in [0.05, 0.1) is 5.71 Å². The van der Waals surface area contributed by atoms with Gasteiger partial charge in [0, 0.05) is 25.1 Å². The van der Waals surface area contributed by atoms with Gasteiger partial charge in [-0.1, -0.05) is 72.8 Å². The minimum Gasteiger partial charge on any atom is -0.312 e. The van der Waals surface area contributed by atoms with Gasteiger partial charge in [-0.05, 0) is 48.1 Å². The van der Waals surface area contributed by atoms with E-state index in [9.17, 15) is 9.59 Å². The van der Waals surface area contributed by atoms with Gasteiger partial charge in [-0.25, -0.2) is 5.43 Å². The number of nitrogens with one attached hydrogen (secondary N) is 1. The monoisotopic (exact) mass is 425 g/mol. The molecule has 5 nitrogen and oxygen atoms in total. The molecular formula is C27H27N3O2. The topological polar surface area (TPSA) is 61.8 Å². The molecule has 1 aliphatic rings. The van der Waals surface area contributed by atoms with Crippen LogP contribution in [0.3, 0.4) is 0 Å². The number of carbonyl (C=O) groups excluding carboxylic acids is 2. The fourth-order valence-electron chi connectivity index (χ4n) is 3.95. The Hall–Kier alpha value is -3.73. The van der Waals surface area contributed by atoms with Crippen molar-refractivity contribution in [3.63, 3.8) is 0 Å². The van der Waals surface area contributed by atoms with E-state index in [1.165, 1.54) is 5.56 Å². The van der Waals surface area contributed by atoms with E-state index in [1.54, 1.807) is 4.90 Å². The van der Waals surface area contributed by atoms with E-state index >= 15 is 0 Å². The van der Waals surface area contributed by atoms with Crippen LogP contribution < -0.4 is 10.3 Å². The molecule has 3 aromatic carbocycles. The first-order valence-corrected chi connectivity index (χ1v) is 11.0. The van der Waals surface area contributed by atoms with Crippen LogP contribution in [0.4, 0.5) is 5.69 Å². The molecule has 162 valence electrons. The summed E-state index contributed by atoms with van der Waals surface area (Å²) in [6.07, 6.45) is 2.21. The fourth-order valence-corrected chi connectivity index (χ4v) is 3.95. The highest BCUT2D eigenvalue weighted by Crippen LogP contribution is 2.27. The first kappa shape index (κ1) is 21.5. The molecule has 0 fully saturated rings. The van der Waals surface area contributed by atoms with Crippen LogP contribution >= 0.6 is 0 Å². The number of amides is 2. The fraction of sp³-hybridized carbons (Fsp3) is 0.222. The summed E-state index contributed by atoms with van der Waals surface area (Å²) in [6.45, 7) is 2.56. The van der Waals surface area contributed by atoms with Crippen LogP contribution in [0, 0.1) is 0 Å². The molecule has 32 heavy (non-hydrogen) atoms. The van der Waals surface area contributed by atoms with Crippen LogP contribution in [0.1, 0.15) is 37.3 Å². The van der Waals surface area contributed by atoms with Gasteiger partial charge in [0.1, 0.15) is 0 Å². The van der Waals surface area contributed by atoms with Crippen LogP contribution in [0.15, 0.2) is 84.0 Å². The van der Waals surface area contributed by atoms with Crippen molar-refractivity contribution in [3.05, 3.63) is 90.0 Å². The molecule has 0 saturated carbocycles. The SMILES string of the molecule is CC(=NNC(=O)CCC(=O)N1CCCc2ccccc21)c1ccc(-c2ccccc2)cc1. The summed E-state index contributed by atoms with van der Waals surface area (Å²) in [6, 6.07) is 26.2. The molecule has 0 saturated heterocycles. The van der Waals surface area contributed by atoms with E-state index in [4.69, 9.17) is 0 Å². The Balaban J connectivity index is 1.30. The van der Waals surface area contributed by atoms with Crippen LogP contribution in [-0.2, 0) is 16.0 Å². The maximum atomic E-state index is 12.7. The molecule has 0 unspecified atom stereocenters.